The van der Waals surface area contributed by atoms with Crippen molar-refractivity contribution < 1.29 is 14.3 Å². The number of carbonyl (C=O) groups excluding carboxylic acids is 2. The molecule has 1 aliphatic heterocycles. The summed E-state index contributed by atoms with van der Waals surface area (Å²) in [5.41, 5.74) is 2.71. The van der Waals surface area contributed by atoms with Crippen molar-refractivity contribution in [3.05, 3.63) is 96.1 Å². The van der Waals surface area contributed by atoms with Gasteiger partial charge in [-0.05, 0) is 55.5 Å². The van der Waals surface area contributed by atoms with Crippen LogP contribution < -0.4 is 15.0 Å². The third kappa shape index (κ3) is 3.30. The fraction of sp³-hybridized carbons (Fsp3) is 0.0769. The molecule has 1 N–H and O–H groups in total. The predicted octanol–water partition coefficient (Wildman–Crippen LogP) is 5.86. The number of anilines is 2. The van der Waals surface area contributed by atoms with E-state index in [0.717, 1.165) is 16.5 Å². The Kier molecular flexibility index (Phi) is 4.64. The Balaban J connectivity index is 1.45. The van der Waals surface area contributed by atoms with Gasteiger partial charge in [0.05, 0.1) is 5.69 Å². The molecule has 1 heterocycles. The van der Waals surface area contributed by atoms with E-state index in [0.29, 0.717) is 34.9 Å². The molecule has 0 saturated carbocycles. The van der Waals surface area contributed by atoms with Gasteiger partial charge in [-0.25, -0.2) is 0 Å². The Labute approximate surface area is 179 Å². The van der Waals surface area contributed by atoms with Crippen LogP contribution in [-0.2, 0) is 0 Å². The lowest BCUT2D eigenvalue weighted by molar-refractivity contribution is 0.0992. The van der Waals surface area contributed by atoms with E-state index in [4.69, 9.17) is 4.74 Å². The molecule has 31 heavy (non-hydrogen) atoms. The maximum absolute atomic E-state index is 13.0. The molecule has 0 spiro atoms. The van der Waals surface area contributed by atoms with E-state index in [1.54, 1.807) is 23.1 Å². The van der Waals surface area contributed by atoms with E-state index in [1.807, 2.05) is 73.7 Å². The minimum absolute atomic E-state index is 0.00246. The van der Waals surface area contributed by atoms with Crippen LogP contribution >= 0.6 is 0 Å². The summed E-state index contributed by atoms with van der Waals surface area (Å²) in [4.78, 5) is 27.4. The van der Waals surface area contributed by atoms with Gasteiger partial charge in [-0.15, -0.1) is 0 Å². The third-order valence-corrected chi connectivity index (χ3v) is 5.42. The molecule has 1 aliphatic rings. The summed E-state index contributed by atoms with van der Waals surface area (Å²) in [7, 11) is 0. The topological polar surface area (TPSA) is 58.6 Å². The van der Waals surface area contributed by atoms with Crippen LogP contribution in [0.2, 0.25) is 0 Å². The zero-order chi connectivity index (χ0) is 21.4. The maximum Gasteiger partial charge on any atom is 0.258 e. The second-order valence-electron chi connectivity index (χ2n) is 7.31. The van der Waals surface area contributed by atoms with E-state index in [9.17, 15) is 9.59 Å². The summed E-state index contributed by atoms with van der Waals surface area (Å²) in [5, 5.41) is 4.73. The third-order valence-electron chi connectivity index (χ3n) is 5.42. The first-order valence-corrected chi connectivity index (χ1v) is 10.2. The van der Waals surface area contributed by atoms with E-state index in [-0.39, 0.29) is 11.8 Å². The highest BCUT2D eigenvalue weighted by atomic mass is 16.5. The van der Waals surface area contributed by atoms with E-state index < -0.39 is 0 Å². The normalized spacial score (nSPS) is 12.3. The minimum Gasteiger partial charge on any atom is -0.457 e. The van der Waals surface area contributed by atoms with Gasteiger partial charge in [0.1, 0.15) is 11.5 Å². The van der Waals surface area contributed by atoms with Crippen molar-refractivity contribution in [1.82, 2.24) is 0 Å². The summed E-state index contributed by atoms with van der Waals surface area (Å²) < 4.78 is 5.84. The van der Waals surface area contributed by atoms with Crippen molar-refractivity contribution in [2.75, 3.05) is 16.8 Å². The molecule has 0 atom stereocenters. The van der Waals surface area contributed by atoms with Crippen molar-refractivity contribution in [3.63, 3.8) is 0 Å². The molecule has 2 amide bonds. The first-order chi connectivity index (χ1) is 15.2. The van der Waals surface area contributed by atoms with Crippen LogP contribution in [0.1, 0.15) is 27.6 Å². The zero-order valence-electron chi connectivity index (χ0n) is 17.0. The number of hydrogen-bond acceptors (Lipinski definition) is 3. The van der Waals surface area contributed by atoms with Crippen LogP contribution in [0.5, 0.6) is 11.5 Å². The zero-order valence-corrected chi connectivity index (χ0v) is 17.0. The van der Waals surface area contributed by atoms with Crippen molar-refractivity contribution in [2.24, 2.45) is 0 Å². The smallest absolute Gasteiger partial charge is 0.258 e. The standard InChI is InChI=1S/C26H20N2O3/c1-2-28-23-15-14-22(20-12-7-13-21(24(20)23)26(28)30)27-25(29)17-8-6-11-19(16-17)31-18-9-4-3-5-10-18/h3-16H,2H2,1H3,(H,27,29). The second kappa shape index (κ2) is 7.61. The maximum atomic E-state index is 13.0. The molecule has 0 fully saturated rings. The average molecular weight is 408 g/mol. The number of para-hydroxylation sites is 1. The highest BCUT2D eigenvalue weighted by Crippen LogP contribution is 2.40. The summed E-state index contributed by atoms with van der Waals surface area (Å²) >= 11 is 0. The number of nitrogens with one attached hydrogen (secondary N) is 1. The van der Waals surface area contributed by atoms with Crippen LogP contribution in [0, 0.1) is 0 Å². The average Bonchev–Trinajstić information content (AvgIpc) is 3.08. The number of ether oxygens (including phenoxy) is 1. The number of carbonyl (C=O) groups is 2. The van der Waals surface area contributed by atoms with Gasteiger partial charge in [0.2, 0.25) is 0 Å². The summed E-state index contributed by atoms with van der Waals surface area (Å²) in [6.45, 7) is 2.55. The summed E-state index contributed by atoms with van der Waals surface area (Å²) in [6.07, 6.45) is 0. The van der Waals surface area contributed by atoms with E-state index >= 15 is 0 Å². The fourth-order valence-corrected chi connectivity index (χ4v) is 3.99. The number of benzene rings is 4. The molecule has 0 aliphatic carbocycles. The fourth-order valence-electron chi connectivity index (χ4n) is 3.99. The molecule has 0 unspecified atom stereocenters. The Morgan fingerprint density at radius 2 is 1.68 bits per heavy atom. The van der Waals surface area contributed by atoms with Crippen LogP contribution in [0.3, 0.4) is 0 Å². The molecule has 5 rings (SSSR count). The molecule has 0 bridgehead atoms. The summed E-state index contributed by atoms with van der Waals surface area (Å²) in [6, 6.07) is 25.9. The Bertz CT molecular complexity index is 1320. The molecule has 152 valence electrons. The molecule has 4 aromatic rings. The van der Waals surface area contributed by atoms with Crippen LogP contribution in [0.25, 0.3) is 10.8 Å². The largest absolute Gasteiger partial charge is 0.457 e. The molecule has 5 heteroatoms. The van der Waals surface area contributed by atoms with Gasteiger partial charge in [-0.2, -0.15) is 0 Å². The molecular formula is C26H20N2O3. The molecule has 0 radical (unpaired) electrons. The quantitative estimate of drug-likeness (QED) is 0.450. The molecule has 4 aromatic carbocycles. The molecule has 0 aromatic heterocycles. The lowest BCUT2D eigenvalue weighted by Crippen LogP contribution is -2.25. The van der Waals surface area contributed by atoms with Gasteiger partial charge in [0.15, 0.2) is 0 Å². The Morgan fingerprint density at radius 1 is 0.903 bits per heavy atom. The van der Waals surface area contributed by atoms with Gasteiger partial charge < -0.3 is 15.0 Å². The minimum atomic E-state index is -0.240. The Morgan fingerprint density at radius 3 is 2.48 bits per heavy atom. The number of amides is 2. The van der Waals surface area contributed by atoms with Crippen LogP contribution in [-0.4, -0.2) is 18.4 Å². The van der Waals surface area contributed by atoms with Gasteiger partial charge in [0, 0.05) is 34.1 Å². The van der Waals surface area contributed by atoms with Gasteiger partial charge in [0.25, 0.3) is 11.8 Å². The van der Waals surface area contributed by atoms with Crippen LogP contribution in [0.15, 0.2) is 84.9 Å². The lowest BCUT2D eigenvalue weighted by atomic mass is 10.0. The number of nitrogens with zero attached hydrogens (tertiary/aromatic N) is 1. The first-order valence-electron chi connectivity index (χ1n) is 10.2. The highest BCUT2D eigenvalue weighted by Gasteiger charge is 2.29. The highest BCUT2D eigenvalue weighted by molar-refractivity contribution is 6.27. The second-order valence-corrected chi connectivity index (χ2v) is 7.31. The number of hydrogen-bond donors (Lipinski definition) is 1. The molecule has 5 nitrogen and oxygen atoms in total. The predicted molar refractivity (Wildman–Crippen MR) is 122 cm³/mol. The van der Waals surface area contributed by atoms with Crippen molar-refractivity contribution in [1.29, 1.82) is 0 Å². The van der Waals surface area contributed by atoms with Gasteiger partial charge in [-0.3, -0.25) is 9.59 Å². The van der Waals surface area contributed by atoms with Crippen molar-refractivity contribution in [2.45, 2.75) is 6.92 Å². The SMILES string of the molecule is CCN1C(=O)c2cccc3c(NC(=O)c4cccc(Oc5ccccc5)c4)ccc1c23. The van der Waals surface area contributed by atoms with Crippen molar-refractivity contribution in [3.8, 4) is 11.5 Å². The van der Waals surface area contributed by atoms with E-state index in [1.165, 1.54) is 0 Å². The van der Waals surface area contributed by atoms with Gasteiger partial charge in [-0.1, -0.05) is 36.4 Å². The first kappa shape index (κ1) is 18.9. The number of rotatable bonds is 5. The Hall–Kier alpha value is -4.12. The molecule has 0 saturated heterocycles. The van der Waals surface area contributed by atoms with Crippen LogP contribution in [0.4, 0.5) is 11.4 Å². The van der Waals surface area contributed by atoms with Crippen molar-refractivity contribution >= 4 is 34.0 Å². The molecular weight excluding hydrogens is 388 g/mol. The van der Waals surface area contributed by atoms with Gasteiger partial charge >= 0.3 is 0 Å². The lowest BCUT2D eigenvalue weighted by Gasteiger charge is -2.15. The van der Waals surface area contributed by atoms with E-state index in [2.05, 4.69) is 5.32 Å². The monoisotopic (exact) mass is 408 g/mol. The summed E-state index contributed by atoms with van der Waals surface area (Å²) in [5.74, 6) is 1.05.